The van der Waals surface area contributed by atoms with Gasteiger partial charge in [0.05, 0.1) is 12.0 Å². The van der Waals surface area contributed by atoms with Crippen LogP contribution >= 0.6 is 0 Å². The van der Waals surface area contributed by atoms with Gasteiger partial charge < -0.3 is 15.4 Å². The minimum Gasteiger partial charge on any atom is -0.496 e. The number of hydrogen-bond donors (Lipinski definition) is 3. The first-order valence-corrected chi connectivity index (χ1v) is 11.6. The smallest absolute Gasteiger partial charge is 0.240 e. The van der Waals surface area contributed by atoms with Gasteiger partial charge in [-0.25, -0.2) is 28.1 Å². The van der Waals surface area contributed by atoms with Crippen molar-refractivity contribution in [2.75, 3.05) is 30.8 Å². The Morgan fingerprint density at radius 3 is 2.38 bits per heavy atom. The highest BCUT2D eigenvalue weighted by atomic mass is 32.2. The average Bonchev–Trinajstić information content (AvgIpc) is 2.72. The van der Waals surface area contributed by atoms with E-state index in [2.05, 4.69) is 30.3 Å². The highest BCUT2D eigenvalue weighted by Crippen LogP contribution is 2.26. The highest BCUT2D eigenvalue weighted by molar-refractivity contribution is 7.89. The summed E-state index contributed by atoms with van der Waals surface area (Å²) < 4.78 is 33.3. The van der Waals surface area contributed by atoms with E-state index in [0.717, 1.165) is 11.1 Å². The van der Waals surface area contributed by atoms with Gasteiger partial charge in [-0.15, -0.1) is 0 Å². The third-order valence-corrected chi connectivity index (χ3v) is 6.54. The topological polar surface area (TPSA) is 118 Å². The summed E-state index contributed by atoms with van der Waals surface area (Å²) in [6.07, 6.45) is 1.73. The lowest BCUT2D eigenvalue weighted by Crippen LogP contribution is -2.29. The molecule has 0 radical (unpaired) electrons. The maximum Gasteiger partial charge on any atom is 0.240 e. The van der Waals surface area contributed by atoms with Gasteiger partial charge in [0.1, 0.15) is 29.0 Å². The summed E-state index contributed by atoms with van der Waals surface area (Å²) >= 11 is 0. The third kappa shape index (κ3) is 5.71. The van der Waals surface area contributed by atoms with Crippen LogP contribution in [0.2, 0.25) is 0 Å². The Morgan fingerprint density at radius 1 is 0.906 bits per heavy atom. The van der Waals surface area contributed by atoms with Crippen molar-refractivity contribution in [3.63, 3.8) is 0 Å². The first-order chi connectivity index (χ1) is 15.2. The van der Waals surface area contributed by atoms with Crippen molar-refractivity contribution in [1.82, 2.24) is 19.7 Å². The van der Waals surface area contributed by atoms with Crippen LogP contribution in [0.1, 0.15) is 22.5 Å². The molecule has 0 saturated carbocycles. The van der Waals surface area contributed by atoms with Crippen molar-refractivity contribution in [2.24, 2.45) is 0 Å². The largest absolute Gasteiger partial charge is 0.496 e. The fourth-order valence-electron chi connectivity index (χ4n) is 3.19. The van der Waals surface area contributed by atoms with Crippen molar-refractivity contribution >= 4 is 27.5 Å². The lowest BCUT2D eigenvalue weighted by Gasteiger charge is -2.14. The van der Waals surface area contributed by atoms with E-state index in [4.69, 9.17) is 4.74 Å². The molecule has 9 nitrogen and oxygen atoms in total. The number of benzene rings is 1. The first-order valence-electron chi connectivity index (χ1n) is 10.1. The van der Waals surface area contributed by atoms with Gasteiger partial charge in [-0.1, -0.05) is 0 Å². The van der Waals surface area contributed by atoms with Gasteiger partial charge in [-0.3, -0.25) is 0 Å². The van der Waals surface area contributed by atoms with E-state index in [-0.39, 0.29) is 11.4 Å². The molecule has 10 heteroatoms. The zero-order valence-electron chi connectivity index (χ0n) is 18.9. The number of nitrogens with one attached hydrogen (secondary N) is 3. The Balaban J connectivity index is 1.62. The summed E-state index contributed by atoms with van der Waals surface area (Å²) in [5.41, 5.74) is 2.55. The van der Waals surface area contributed by atoms with Crippen molar-refractivity contribution < 1.29 is 13.2 Å². The molecule has 3 rings (SSSR count). The van der Waals surface area contributed by atoms with Crippen molar-refractivity contribution in [3.05, 3.63) is 59.0 Å². The van der Waals surface area contributed by atoms with E-state index < -0.39 is 10.0 Å². The predicted molar refractivity (Wildman–Crippen MR) is 125 cm³/mol. The molecule has 0 unspecified atom stereocenters. The number of sulfonamides is 1. The molecule has 1 aromatic carbocycles. The molecular weight excluding hydrogens is 428 g/mol. The fraction of sp³-hybridized carbons (Fsp3) is 0.318. The number of rotatable bonds is 9. The molecule has 0 atom stereocenters. The van der Waals surface area contributed by atoms with Crippen molar-refractivity contribution in [2.45, 2.75) is 32.6 Å². The zero-order valence-corrected chi connectivity index (χ0v) is 19.7. The van der Waals surface area contributed by atoms with Gasteiger partial charge in [0, 0.05) is 25.4 Å². The number of pyridine rings is 1. The van der Waals surface area contributed by atoms with Gasteiger partial charge in [-0.2, -0.15) is 0 Å². The number of methoxy groups -OCH3 is 1. The number of aryl methyl sites for hydroxylation is 2. The Labute approximate surface area is 188 Å². The maximum atomic E-state index is 12.7. The lowest BCUT2D eigenvalue weighted by atomic mass is 10.1. The van der Waals surface area contributed by atoms with Gasteiger partial charge in [-0.05, 0) is 68.7 Å². The zero-order chi connectivity index (χ0) is 23.3. The molecular formula is C22H28N6O3S. The van der Waals surface area contributed by atoms with E-state index in [0.29, 0.717) is 41.1 Å². The summed E-state index contributed by atoms with van der Waals surface area (Å²) in [5, 5.41) is 6.29. The Bertz CT molecular complexity index is 1210. The normalized spacial score (nSPS) is 11.3. The number of nitrogens with zero attached hydrogens (tertiary/aromatic N) is 3. The van der Waals surface area contributed by atoms with Gasteiger partial charge in [0.15, 0.2) is 0 Å². The van der Waals surface area contributed by atoms with E-state index in [1.54, 1.807) is 45.4 Å². The van der Waals surface area contributed by atoms with Crippen LogP contribution in [-0.4, -0.2) is 43.6 Å². The van der Waals surface area contributed by atoms with Crippen LogP contribution in [0.15, 0.2) is 41.4 Å². The van der Waals surface area contributed by atoms with Gasteiger partial charge in [0.2, 0.25) is 10.0 Å². The van der Waals surface area contributed by atoms with Crippen LogP contribution in [0, 0.1) is 27.7 Å². The van der Waals surface area contributed by atoms with Gasteiger partial charge in [0.25, 0.3) is 0 Å². The molecule has 0 aliphatic rings. The standard InChI is InChI=1S/C22H28N6O3S/c1-14-8-9-23-20(12-14)28-22-13-21(26-17(4)27-22)24-10-11-25-32(29,30)19-7-6-18(31-5)15(2)16(19)3/h6-9,12-13,25H,10-11H2,1-5H3,(H2,23,24,26,27,28). The Hall–Kier alpha value is -3.24. The maximum absolute atomic E-state index is 12.7. The molecule has 170 valence electrons. The Kier molecular flexibility index (Phi) is 7.26. The summed E-state index contributed by atoms with van der Waals surface area (Å²) in [7, 11) is -2.09. The molecule has 3 N–H and O–H groups in total. The SMILES string of the molecule is COc1ccc(S(=O)(=O)NCCNc2cc(Nc3cc(C)ccn3)nc(C)n2)c(C)c1C. The summed E-state index contributed by atoms with van der Waals surface area (Å²) in [6, 6.07) is 8.81. The minimum absolute atomic E-state index is 0.193. The number of anilines is 3. The van der Waals surface area contributed by atoms with Crippen LogP contribution in [0.4, 0.5) is 17.5 Å². The predicted octanol–water partition coefficient (Wildman–Crippen LogP) is 3.25. The number of ether oxygens (including phenoxy) is 1. The van der Waals surface area contributed by atoms with Crippen LogP contribution < -0.4 is 20.1 Å². The molecule has 3 aromatic rings. The third-order valence-electron chi connectivity index (χ3n) is 4.93. The summed E-state index contributed by atoms with van der Waals surface area (Å²) in [6.45, 7) is 7.93. The average molecular weight is 457 g/mol. The molecule has 0 aliphatic heterocycles. The van der Waals surface area contributed by atoms with Crippen LogP contribution in [0.25, 0.3) is 0 Å². The van der Waals surface area contributed by atoms with Crippen LogP contribution in [0.3, 0.4) is 0 Å². The molecule has 0 fully saturated rings. The highest BCUT2D eigenvalue weighted by Gasteiger charge is 2.19. The molecule has 2 heterocycles. The second kappa shape index (κ2) is 9.92. The second-order valence-electron chi connectivity index (χ2n) is 7.37. The quantitative estimate of drug-likeness (QED) is 0.420. The van der Waals surface area contributed by atoms with E-state index in [1.165, 1.54) is 0 Å². The molecule has 0 bridgehead atoms. The summed E-state index contributed by atoms with van der Waals surface area (Å²) in [5.74, 6) is 3.11. The van der Waals surface area contributed by atoms with E-state index >= 15 is 0 Å². The molecule has 32 heavy (non-hydrogen) atoms. The van der Waals surface area contributed by atoms with Gasteiger partial charge >= 0.3 is 0 Å². The number of hydrogen-bond acceptors (Lipinski definition) is 8. The minimum atomic E-state index is -3.65. The van der Waals surface area contributed by atoms with Crippen LogP contribution in [0.5, 0.6) is 5.75 Å². The Morgan fingerprint density at radius 2 is 1.66 bits per heavy atom. The monoisotopic (exact) mass is 456 g/mol. The molecule has 0 saturated heterocycles. The fourth-order valence-corrected chi connectivity index (χ4v) is 4.52. The molecule has 0 amide bonds. The molecule has 2 aromatic heterocycles. The van der Waals surface area contributed by atoms with Crippen molar-refractivity contribution in [3.8, 4) is 5.75 Å². The van der Waals surface area contributed by atoms with Crippen LogP contribution in [-0.2, 0) is 10.0 Å². The number of aromatic nitrogens is 3. The second-order valence-corrected chi connectivity index (χ2v) is 9.10. The lowest BCUT2D eigenvalue weighted by molar-refractivity contribution is 0.410. The van der Waals surface area contributed by atoms with Crippen molar-refractivity contribution in [1.29, 1.82) is 0 Å². The molecule has 0 spiro atoms. The molecule has 0 aliphatic carbocycles. The summed E-state index contributed by atoms with van der Waals surface area (Å²) in [4.78, 5) is 13.2. The van der Waals surface area contributed by atoms with E-state index in [9.17, 15) is 8.42 Å². The van der Waals surface area contributed by atoms with E-state index in [1.807, 2.05) is 26.0 Å². The first kappa shape index (κ1) is 23.4.